The van der Waals surface area contributed by atoms with E-state index in [0.29, 0.717) is 11.1 Å². The van der Waals surface area contributed by atoms with Gasteiger partial charge in [0.15, 0.2) is 11.6 Å². The Hall–Kier alpha value is -1.70. The highest BCUT2D eigenvalue weighted by molar-refractivity contribution is 6.04. The Morgan fingerprint density at radius 2 is 1.79 bits per heavy atom. The van der Waals surface area contributed by atoms with Crippen molar-refractivity contribution in [3.63, 3.8) is 0 Å². The fourth-order valence-electron chi connectivity index (χ4n) is 1.04. The van der Waals surface area contributed by atoms with Crippen LogP contribution < -0.4 is 0 Å². The van der Waals surface area contributed by atoms with Gasteiger partial charge in [-0.1, -0.05) is 36.9 Å². The van der Waals surface area contributed by atoms with Crippen LogP contribution in [0.15, 0.2) is 42.5 Å². The van der Waals surface area contributed by atoms with Gasteiger partial charge in [-0.2, -0.15) is 0 Å². The minimum atomic E-state index is -0.130. The fraction of sp³-hybridized carbons (Fsp3) is 0.167. The van der Waals surface area contributed by atoms with E-state index in [-0.39, 0.29) is 18.0 Å². The monoisotopic (exact) mass is 188 g/mol. The van der Waals surface area contributed by atoms with Gasteiger partial charge in [-0.25, -0.2) is 0 Å². The Bertz CT molecular complexity index is 363. The SMILES string of the molecule is C=C(CC(=O)c1ccccc1)C(C)=O. The van der Waals surface area contributed by atoms with E-state index in [4.69, 9.17) is 0 Å². The Kier molecular flexibility index (Phi) is 3.35. The number of hydrogen-bond acceptors (Lipinski definition) is 2. The standard InChI is InChI=1S/C12H12O2/c1-9(10(2)13)8-12(14)11-6-4-3-5-7-11/h3-7H,1,8H2,2H3. The van der Waals surface area contributed by atoms with Crippen LogP contribution in [-0.2, 0) is 4.79 Å². The van der Waals surface area contributed by atoms with Crippen molar-refractivity contribution in [2.24, 2.45) is 0 Å². The maximum Gasteiger partial charge on any atom is 0.167 e. The van der Waals surface area contributed by atoms with Gasteiger partial charge in [-0.15, -0.1) is 0 Å². The molecule has 0 atom stereocenters. The van der Waals surface area contributed by atoms with E-state index in [9.17, 15) is 9.59 Å². The highest BCUT2D eigenvalue weighted by atomic mass is 16.1. The highest BCUT2D eigenvalue weighted by Crippen LogP contribution is 2.08. The third-order valence-electron chi connectivity index (χ3n) is 1.97. The van der Waals surface area contributed by atoms with Crippen molar-refractivity contribution in [2.75, 3.05) is 0 Å². The summed E-state index contributed by atoms with van der Waals surface area (Å²) in [5.41, 5.74) is 0.980. The summed E-state index contributed by atoms with van der Waals surface area (Å²) in [5.74, 6) is -0.194. The lowest BCUT2D eigenvalue weighted by atomic mass is 10.0. The summed E-state index contributed by atoms with van der Waals surface area (Å²) in [6, 6.07) is 8.90. The number of hydrogen-bond donors (Lipinski definition) is 0. The molecule has 2 nitrogen and oxygen atoms in total. The van der Waals surface area contributed by atoms with Gasteiger partial charge in [0, 0.05) is 12.0 Å². The zero-order valence-corrected chi connectivity index (χ0v) is 8.12. The Morgan fingerprint density at radius 3 is 2.29 bits per heavy atom. The third-order valence-corrected chi connectivity index (χ3v) is 1.97. The second-order valence-electron chi connectivity index (χ2n) is 3.13. The molecule has 0 spiro atoms. The number of Topliss-reactive ketones (excluding diaryl/α,β-unsaturated/α-hetero) is 2. The number of allylic oxidation sites excluding steroid dienone is 1. The van der Waals surface area contributed by atoms with E-state index in [1.807, 2.05) is 6.07 Å². The number of benzene rings is 1. The molecule has 1 aromatic rings. The van der Waals surface area contributed by atoms with Crippen LogP contribution >= 0.6 is 0 Å². The summed E-state index contributed by atoms with van der Waals surface area (Å²) in [5, 5.41) is 0. The second kappa shape index (κ2) is 4.51. The van der Waals surface area contributed by atoms with Gasteiger partial charge in [-0.3, -0.25) is 9.59 Å². The average molecular weight is 188 g/mol. The van der Waals surface area contributed by atoms with Crippen molar-refractivity contribution in [1.82, 2.24) is 0 Å². The van der Waals surface area contributed by atoms with E-state index in [0.717, 1.165) is 0 Å². The number of ketones is 2. The van der Waals surface area contributed by atoms with Crippen molar-refractivity contribution < 1.29 is 9.59 Å². The molecular formula is C12H12O2. The smallest absolute Gasteiger partial charge is 0.167 e. The Labute approximate surface area is 83.3 Å². The van der Waals surface area contributed by atoms with Gasteiger partial charge < -0.3 is 0 Å². The van der Waals surface area contributed by atoms with Gasteiger partial charge in [0.2, 0.25) is 0 Å². The maximum absolute atomic E-state index is 11.5. The molecule has 0 aliphatic carbocycles. The highest BCUT2D eigenvalue weighted by Gasteiger charge is 2.09. The normalized spacial score (nSPS) is 9.50. The molecular weight excluding hydrogens is 176 g/mol. The number of carbonyl (C=O) groups is 2. The van der Waals surface area contributed by atoms with Crippen LogP contribution in [0.25, 0.3) is 0 Å². The zero-order chi connectivity index (χ0) is 10.6. The van der Waals surface area contributed by atoms with Crippen LogP contribution in [-0.4, -0.2) is 11.6 Å². The summed E-state index contributed by atoms with van der Waals surface area (Å²) >= 11 is 0. The molecule has 2 heteroatoms. The van der Waals surface area contributed by atoms with Crippen LogP contribution in [0.1, 0.15) is 23.7 Å². The van der Waals surface area contributed by atoms with Crippen molar-refractivity contribution in [2.45, 2.75) is 13.3 Å². The fourth-order valence-corrected chi connectivity index (χ4v) is 1.04. The quantitative estimate of drug-likeness (QED) is 0.537. The van der Waals surface area contributed by atoms with Crippen LogP contribution in [0.4, 0.5) is 0 Å². The predicted molar refractivity (Wildman–Crippen MR) is 55.2 cm³/mol. The minimum Gasteiger partial charge on any atom is -0.295 e. The zero-order valence-electron chi connectivity index (χ0n) is 8.12. The van der Waals surface area contributed by atoms with Gasteiger partial charge in [0.1, 0.15) is 0 Å². The first-order valence-corrected chi connectivity index (χ1v) is 4.38. The molecule has 1 aromatic carbocycles. The molecule has 0 heterocycles. The number of rotatable bonds is 4. The molecule has 0 aromatic heterocycles. The van der Waals surface area contributed by atoms with Crippen LogP contribution in [0.2, 0.25) is 0 Å². The van der Waals surface area contributed by atoms with Crippen LogP contribution in [0.3, 0.4) is 0 Å². The van der Waals surface area contributed by atoms with Gasteiger partial charge >= 0.3 is 0 Å². The largest absolute Gasteiger partial charge is 0.295 e. The summed E-state index contributed by atoms with van der Waals surface area (Å²) in [7, 11) is 0. The molecule has 0 bridgehead atoms. The predicted octanol–water partition coefficient (Wildman–Crippen LogP) is 2.40. The van der Waals surface area contributed by atoms with Crippen molar-refractivity contribution >= 4 is 11.6 Å². The summed E-state index contributed by atoms with van der Waals surface area (Å²) in [6.07, 6.45) is 0.110. The molecule has 0 unspecified atom stereocenters. The lowest BCUT2D eigenvalue weighted by molar-refractivity contribution is -0.113. The first-order valence-electron chi connectivity index (χ1n) is 4.38. The van der Waals surface area contributed by atoms with E-state index < -0.39 is 0 Å². The molecule has 0 saturated carbocycles. The molecule has 0 radical (unpaired) electrons. The second-order valence-corrected chi connectivity index (χ2v) is 3.13. The average Bonchev–Trinajstić information content (AvgIpc) is 2.19. The first-order chi connectivity index (χ1) is 6.61. The molecule has 14 heavy (non-hydrogen) atoms. The van der Waals surface area contributed by atoms with E-state index in [1.54, 1.807) is 24.3 Å². The lowest BCUT2D eigenvalue weighted by Gasteiger charge is -2.00. The third kappa shape index (κ3) is 2.66. The van der Waals surface area contributed by atoms with Gasteiger partial charge in [-0.05, 0) is 12.5 Å². The van der Waals surface area contributed by atoms with Crippen molar-refractivity contribution in [3.05, 3.63) is 48.0 Å². The molecule has 0 aliphatic rings. The van der Waals surface area contributed by atoms with Gasteiger partial charge in [0.05, 0.1) is 0 Å². The topological polar surface area (TPSA) is 34.1 Å². The molecule has 72 valence electrons. The molecule has 1 rings (SSSR count). The molecule has 0 fully saturated rings. The number of carbonyl (C=O) groups excluding carboxylic acids is 2. The van der Waals surface area contributed by atoms with Crippen molar-refractivity contribution in [3.8, 4) is 0 Å². The summed E-state index contributed by atoms with van der Waals surface area (Å²) < 4.78 is 0. The van der Waals surface area contributed by atoms with Crippen LogP contribution in [0.5, 0.6) is 0 Å². The van der Waals surface area contributed by atoms with Crippen molar-refractivity contribution in [1.29, 1.82) is 0 Å². The lowest BCUT2D eigenvalue weighted by Crippen LogP contribution is -2.04. The molecule has 0 amide bonds. The minimum absolute atomic E-state index is 0.0641. The first kappa shape index (κ1) is 10.4. The maximum atomic E-state index is 11.5. The summed E-state index contributed by atoms with van der Waals surface area (Å²) in [6.45, 7) is 4.97. The van der Waals surface area contributed by atoms with E-state index >= 15 is 0 Å². The molecule has 0 aliphatic heterocycles. The van der Waals surface area contributed by atoms with E-state index in [1.165, 1.54) is 6.92 Å². The molecule has 0 saturated heterocycles. The van der Waals surface area contributed by atoms with E-state index in [2.05, 4.69) is 6.58 Å². The Morgan fingerprint density at radius 1 is 1.21 bits per heavy atom. The van der Waals surface area contributed by atoms with Gasteiger partial charge in [0.25, 0.3) is 0 Å². The Balaban J connectivity index is 2.69. The molecule has 0 N–H and O–H groups in total. The van der Waals surface area contributed by atoms with Crippen LogP contribution in [0, 0.1) is 0 Å². The summed E-state index contributed by atoms with van der Waals surface area (Å²) in [4.78, 5) is 22.4.